The number of rotatable bonds is 7. The molecule has 0 aromatic carbocycles. The van der Waals surface area contributed by atoms with E-state index in [1.807, 2.05) is 26.2 Å². The first-order valence-electron chi connectivity index (χ1n) is 6.55. The lowest BCUT2D eigenvalue weighted by Crippen LogP contribution is -2.45. The highest BCUT2D eigenvalue weighted by Gasteiger charge is 2.19. The molecule has 0 fully saturated rings. The molecule has 7 heteroatoms. The van der Waals surface area contributed by atoms with Gasteiger partial charge in [0.1, 0.15) is 0 Å². The number of thiazole rings is 1. The Labute approximate surface area is 122 Å². The molecule has 1 atom stereocenters. The minimum Gasteiger partial charge on any atom is -0.481 e. The number of carboxylic acids is 1. The fraction of sp³-hybridized carbons (Fsp3) is 0.615. The molecule has 0 aliphatic carbocycles. The van der Waals surface area contributed by atoms with Crippen molar-refractivity contribution >= 4 is 23.3 Å². The highest BCUT2D eigenvalue weighted by atomic mass is 32.1. The van der Waals surface area contributed by atoms with E-state index in [-0.39, 0.29) is 24.4 Å². The zero-order valence-electron chi connectivity index (χ0n) is 12.0. The van der Waals surface area contributed by atoms with Crippen LogP contribution in [0.2, 0.25) is 0 Å². The predicted molar refractivity (Wildman–Crippen MR) is 78.0 cm³/mol. The van der Waals surface area contributed by atoms with Crippen LogP contribution in [-0.2, 0) is 11.2 Å². The lowest BCUT2D eigenvalue weighted by Gasteiger charge is -2.20. The Morgan fingerprint density at radius 2 is 2.15 bits per heavy atom. The van der Waals surface area contributed by atoms with E-state index in [1.54, 1.807) is 11.3 Å². The van der Waals surface area contributed by atoms with Crippen molar-refractivity contribution in [2.45, 2.75) is 39.7 Å². The van der Waals surface area contributed by atoms with Crippen molar-refractivity contribution in [2.75, 3.05) is 6.54 Å². The lowest BCUT2D eigenvalue weighted by atomic mass is 10.0. The molecule has 3 N–H and O–H groups in total. The average molecular weight is 299 g/mol. The standard InChI is InChI=1S/C13H21N3O3S/c1-8(2)11(6-12(17)18)16-13(19)14-5-4-10-7-20-9(3)15-10/h7-8,11H,4-6H2,1-3H3,(H,17,18)(H2,14,16,19). The Kier molecular flexibility index (Phi) is 6.44. The second-order valence-corrected chi connectivity index (χ2v) is 6.02. The number of aromatic nitrogens is 1. The van der Waals surface area contributed by atoms with E-state index >= 15 is 0 Å². The van der Waals surface area contributed by atoms with Crippen molar-refractivity contribution in [3.05, 3.63) is 16.1 Å². The van der Waals surface area contributed by atoms with Crippen molar-refractivity contribution in [1.29, 1.82) is 0 Å². The molecule has 6 nitrogen and oxygen atoms in total. The number of amides is 2. The topological polar surface area (TPSA) is 91.3 Å². The third kappa shape index (κ3) is 6.01. The molecule has 0 radical (unpaired) electrons. The second-order valence-electron chi connectivity index (χ2n) is 4.96. The minimum absolute atomic E-state index is 0.0676. The lowest BCUT2D eigenvalue weighted by molar-refractivity contribution is -0.137. The summed E-state index contributed by atoms with van der Waals surface area (Å²) < 4.78 is 0. The van der Waals surface area contributed by atoms with Gasteiger partial charge in [-0.05, 0) is 12.8 Å². The Morgan fingerprint density at radius 1 is 1.45 bits per heavy atom. The highest BCUT2D eigenvalue weighted by Crippen LogP contribution is 2.08. The van der Waals surface area contributed by atoms with Gasteiger partial charge in [-0.2, -0.15) is 0 Å². The Morgan fingerprint density at radius 3 is 2.65 bits per heavy atom. The van der Waals surface area contributed by atoms with E-state index in [2.05, 4.69) is 15.6 Å². The summed E-state index contributed by atoms with van der Waals surface area (Å²) in [6.07, 6.45) is 0.597. The van der Waals surface area contributed by atoms with E-state index in [9.17, 15) is 9.59 Å². The molecule has 0 saturated carbocycles. The van der Waals surface area contributed by atoms with Crippen LogP contribution in [0, 0.1) is 12.8 Å². The van der Waals surface area contributed by atoms with Crippen LogP contribution < -0.4 is 10.6 Å². The van der Waals surface area contributed by atoms with Crippen LogP contribution in [-0.4, -0.2) is 34.7 Å². The fourth-order valence-electron chi connectivity index (χ4n) is 1.69. The molecule has 1 aromatic rings. The SMILES string of the molecule is Cc1nc(CCNC(=O)NC(CC(=O)O)C(C)C)cs1. The maximum Gasteiger partial charge on any atom is 0.315 e. The summed E-state index contributed by atoms with van der Waals surface area (Å²) in [5.41, 5.74) is 0.957. The fourth-order valence-corrected chi connectivity index (χ4v) is 2.34. The number of carbonyl (C=O) groups is 2. The zero-order chi connectivity index (χ0) is 15.1. The first-order chi connectivity index (χ1) is 9.38. The molecule has 20 heavy (non-hydrogen) atoms. The highest BCUT2D eigenvalue weighted by molar-refractivity contribution is 7.09. The van der Waals surface area contributed by atoms with Crippen LogP contribution in [0.3, 0.4) is 0 Å². The number of carboxylic acid groups (broad SMARTS) is 1. The third-order valence-electron chi connectivity index (χ3n) is 2.85. The van der Waals surface area contributed by atoms with Crippen molar-refractivity contribution < 1.29 is 14.7 Å². The normalized spacial score (nSPS) is 12.2. The van der Waals surface area contributed by atoms with Gasteiger partial charge in [0.25, 0.3) is 0 Å². The largest absolute Gasteiger partial charge is 0.481 e. The van der Waals surface area contributed by atoms with Gasteiger partial charge in [-0.1, -0.05) is 13.8 Å². The quantitative estimate of drug-likeness (QED) is 0.716. The summed E-state index contributed by atoms with van der Waals surface area (Å²) in [7, 11) is 0. The van der Waals surface area contributed by atoms with E-state index in [0.717, 1.165) is 10.7 Å². The van der Waals surface area contributed by atoms with Gasteiger partial charge in [-0.15, -0.1) is 11.3 Å². The van der Waals surface area contributed by atoms with Crippen LogP contribution >= 0.6 is 11.3 Å². The molecule has 0 bridgehead atoms. The molecule has 112 valence electrons. The summed E-state index contributed by atoms with van der Waals surface area (Å²) >= 11 is 1.58. The van der Waals surface area contributed by atoms with Crippen LogP contribution in [0.15, 0.2) is 5.38 Å². The van der Waals surface area contributed by atoms with Crippen molar-refractivity contribution in [3.63, 3.8) is 0 Å². The zero-order valence-corrected chi connectivity index (χ0v) is 12.8. The van der Waals surface area contributed by atoms with Gasteiger partial charge in [-0.25, -0.2) is 9.78 Å². The van der Waals surface area contributed by atoms with Crippen LogP contribution in [0.25, 0.3) is 0 Å². The van der Waals surface area contributed by atoms with Crippen LogP contribution in [0.1, 0.15) is 31.0 Å². The minimum atomic E-state index is -0.915. The van der Waals surface area contributed by atoms with Gasteiger partial charge >= 0.3 is 12.0 Å². The molecule has 0 spiro atoms. The number of nitrogens with one attached hydrogen (secondary N) is 2. The Bertz CT molecular complexity index is 459. The monoisotopic (exact) mass is 299 g/mol. The van der Waals surface area contributed by atoms with Gasteiger partial charge < -0.3 is 15.7 Å². The number of nitrogens with zero attached hydrogens (tertiary/aromatic N) is 1. The molecule has 0 saturated heterocycles. The summed E-state index contributed by atoms with van der Waals surface area (Å²) in [5, 5.41) is 17.2. The first kappa shape index (κ1) is 16.4. The van der Waals surface area contributed by atoms with E-state index in [4.69, 9.17) is 5.11 Å². The number of carbonyl (C=O) groups excluding carboxylic acids is 1. The number of hydrogen-bond acceptors (Lipinski definition) is 4. The molecule has 1 heterocycles. The second kappa shape index (κ2) is 7.84. The molecule has 1 aromatic heterocycles. The maximum absolute atomic E-state index is 11.7. The molecular formula is C13H21N3O3S. The Hall–Kier alpha value is -1.63. The Balaban J connectivity index is 2.32. The van der Waals surface area contributed by atoms with Crippen molar-refractivity contribution in [2.24, 2.45) is 5.92 Å². The van der Waals surface area contributed by atoms with Gasteiger partial charge in [0.05, 0.1) is 17.1 Å². The molecule has 1 unspecified atom stereocenters. The molecule has 0 aliphatic heterocycles. The van der Waals surface area contributed by atoms with E-state index in [1.165, 1.54) is 0 Å². The maximum atomic E-state index is 11.7. The number of hydrogen-bond donors (Lipinski definition) is 3. The summed E-state index contributed by atoms with van der Waals surface area (Å²) in [4.78, 5) is 26.7. The molecule has 2 amide bonds. The number of aryl methyl sites for hydroxylation is 1. The van der Waals surface area contributed by atoms with Crippen molar-refractivity contribution in [1.82, 2.24) is 15.6 Å². The smallest absolute Gasteiger partial charge is 0.315 e. The van der Waals surface area contributed by atoms with Crippen molar-refractivity contribution in [3.8, 4) is 0 Å². The molecule has 1 rings (SSSR count). The third-order valence-corrected chi connectivity index (χ3v) is 3.67. The number of aliphatic carboxylic acids is 1. The van der Waals surface area contributed by atoms with Crippen LogP contribution in [0.5, 0.6) is 0 Å². The predicted octanol–water partition coefficient (Wildman–Crippen LogP) is 1.79. The van der Waals surface area contributed by atoms with Gasteiger partial charge in [0, 0.05) is 24.4 Å². The van der Waals surface area contributed by atoms with Gasteiger partial charge in [0.15, 0.2) is 0 Å². The number of urea groups is 1. The van der Waals surface area contributed by atoms with E-state index in [0.29, 0.717) is 13.0 Å². The average Bonchev–Trinajstić information content (AvgIpc) is 2.73. The summed E-state index contributed by atoms with van der Waals surface area (Å²) in [6.45, 7) is 6.18. The molecular weight excluding hydrogens is 278 g/mol. The summed E-state index contributed by atoms with van der Waals surface area (Å²) in [5.74, 6) is -0.847. The van der Waals surface area contributed by atoms with E-state index < -0.39 is 5.97 Å². The van der Waals surface area contributed by atoms with Gasteiger partial charge in [-0.3, -0.25) is 4.79 Å². The van der Waals surface area contributed by atoms with Crippen LogP contribution in [0.4, 0.5) is 4.79 Å². The molecule has 0 aliphatic rings. The summed E-state index contributed by atoms with van der Waals surface area (Å²) in [6, 6.07) is -0.703. The first-order valence-corrected chi connectivity index (χ1v) is 7.43. The van der Waals surface area contributed by atoms with Gasteiger partial charge in [0.2, 0.25) is 0 Å².